The zero-order valence-electron chi connectivity index (χ0n) is 14.0. The van der Waals surface area contributed by atoms with Gasteiger partial charge in [-0.1, -0.05) is 29.8 Å². The molecule has 0 atom stereocenters. The molecule has 0 unspecified atom stereocenters. The molecular formula is C19H16ClNO5. The summed E-state index contributed by atoms with van der Waals surface area (Å²) in [6.45, 7) is 0.392. The fourth-order valence-corrected chi connectivity index (χ4v) is 2.40. The Morgan fingerprint density at radius 1 is 1.31 bits per heavy atom. The lowest BCUT2D eigenvalue weighted by molar-refractivity contribution is -0.129. The van der Waals surface area contributed by atoms with Crippen LogP contribution in [0.15, 0.2) is 59.8 Å². The standard InChI is InChI=1S/C19H16ClNO5/c1-23-9-8-19(22)26-16-5-3-2-4-13(16)11-25-18-12-24-17-7-6-14(20)10-15(17)21-18/h2-10H,11-12H2,1H3. The molecule has 26 heavy (non-hydrogen) atoms. The first-order chi connectivity index (χ1) is 12.7. The van der Waals surface area contributed by atoms with E-state index in [1.54, 1.807) is 36.4 Å². The van der Waals surface area contributed by atoms with Crippen molar-refractivity contribution in [3.8, 4) is 11.5 Å². The molecule has 0 fully saturated rings. The van der Waals surface area contributed by atoms with Crippen LogP contribution in [0.2, 0.25) is 5.02 Å². The van der Waals surface area contributed by atoms with Gasteiger partial charge in [-0.05, 0) is 24.3 Å². The van der Waals surface area contributed by atoms with Gasteiger partial charge in [-0.2, -0.15) is 0 Å². The molecule has 2 aromatic rings. The van der Waals surface area contributed by atoms with Crippen molar-refractivity contribution in [1.29, 1.82) is 0 Å². The van der Waals surface area contributed by atoms with Crippen molar-refractivity contribution < 1.29 is 23.7 Å². The quantitative estimate of drug-likeness (QED) is 0.342. The van der Waals surface area contributed by atoms with Crippen LogP contribution in [0.25, 0.3) is 0 Å². The number of rotatable bonds is 5. The number of para-hydroxylation sites is 1. The second-order valence-corrected chi connectivity index (χ2v) is 5.70. The van der Waals surface area contributed by atoms with E-state index in [2.05, 4.69) is 4.99 Å². The van der Waals surface area contributed by atoms with Crippen LogP contribution >= 0.6 is 11.6 Å². The Balaban J connectivity index is 1.69. The molecule has 3 rings (SSSR count). The van der Waals surface area contributed by atoms with Crippen LogP contribution in [0.3, 0.4) is 0 Å². The number of hydrogen-bond acceptors (Lipinski definition) is 6. The van der Waals surface area contributed by atoms with Crippen molar-refractivity contribution in [1.82, 2.24) is 0 Å². The number of aliphatic imine (C=N–C) groups is 1. The molecule has 1 aliphatic rings. The summed E-state index contributed by atoms with van der Waals surface area (Å²) in [5.74, 6) is 0.932. The first-order valence-electron chi connectivity index (χ1n) is 7.77. The fourth-order valence-electron chi connectivity index (χ4n) is 2.23. The van der Waals surface area contributed by atoms with Gasteiger partial charge in [-0.15, -0.1) is 0 Å². The minimum atomic E-state index is -0.541. The number of esters is 1. The van der Waals surface area contributed by atoms with Gasteiger partial charge in [0.2, 0.25) is 5.90 Å². The second kappa shape index (κ2) is 8.40. The monoisotopic (exact) mass is 373 g/mol. The van der Waals surface area contributed by atoms with E-state index in [4.69, 9.17) is 30.5 Å². The highest BCUT2D eigenvalue weighted by Crippen LogP contribution is 2.33. The molecule has 0 spiro atoms. The van der Waals surface area contributed by atoms with E-state index in [1.165, 1.54) is 19.4 Å². The Bertz CT molecular complexity index is 863. The molecule has 1 aliphatic heterocycles. The van der Waals surface area contributed by atoms with Gasteiger partial charge in [0.05, 0.1) is 19.4 Å². The number of benzene rings is 2. The largest absolute Gasteiger partial charge is 0.504 e. The summed E-state index contributed by atoms with van der Waals surface area (Å²) < 4.78 is 21.3. The first-order valence-corrected chi connectivity index (χ1v) is 8.15. The lowest BCUT2D eigenvalue weighted by Gasteiger charge is -2.18. The maximum Gasteiger partial charge on any atom is 0.339 e. The van der Waals surface area contributed by atoms with Gasteiger partial charge in [-0.3, -0.25) is 0 Å². The van der Waals surface area contributed by atoms with Crippen molar-refractivity contribution in [3.63, 3.8) is 0 Å². The zero-order valence-corrected chi connectivity index (χ0v) is 14.7. The molecule has 0 aromatic heterocycles. The topological polar surface area (TPSA) is 66.4 Å². The molecule has 0 N–H and O–H groups in total. The molecule has 7 heteroatoms. The van der Waals surface area contributed by atoms with Crippen LogP contribution in [0.5, 0.6) is 11.5 Å². The zero-order chi connectivity index (χ0) is 18.4. The van der Waals surface area contributed by atoms with Gasteiger partial charge >= 0.3 is 5.97 Å². The van der Waals surface area contributed by atoms with Crippen LogP contribution in [-0.4, -0.2) is 25.6 Å². The summed E-state index contributed by atoms with van der Waals surface area (Å²) in [7, 11) is 1.45. The molecule has 6 nitrogen and oxygen atoms in total. The van der Waals surface area contributed by atoms with E-state index in [0.717, 1.165) is 0 Å². The number of methoxy groups -OCH3 is 1. The third-order valence-electron chi connectivity index (χ3n) is 3.43. The third-order valence-corrected chi connectivity index (χ3v) is 3.67. The van der Waals surface area contributed by atoms with E-state index < -0.39 is 5.97 Å². The number of nitrogens with zero attached hydrogens (tertiary/aromatic N) is 1. The Morgan fingerprint density at radius 2 is 2.15 bits per heavy atom. The van der Waals surface area contributed by atoms with Crippen molar-refractivity contribution in [3.05, 3.63) is 65.4 Å². The van der Waals surface area contributed by atoms with Crippen molar-refractivity contribution in [2.75, 3.05) is 13.7 Å². The summed E-state index contributed by atoms with van der Waals surface area (Å²) in [5.41, 5.74) is 1.31. The molecule has 0 saturated heterocycles. The van der Waals surface area contributed by atoms with Crippen LogP contribution in [-0.2, 0) is 20.9 Å². The maximum atomic E-state index is 11.7. The molecule has 0 saturated carbocycles. The minimum absolute atomic E-state index is 0.176. The summed E-state index contributed by atoms with van der Waals surface area (Å²) >= 11 is 5.97. The molecule has 134 valence electrons. The number of carbonyl (C=O) groups is 1. The number of halogens is 1. The van der Waals surface area contributed by atoms with E-state index in [-0.39, 0.29) is 13.2 Å². The van der Waals surface area contributed by atoms with Gasteiger partial charge < -0.3 is 18.9 Å². The smallest absolute Gasteiger partial charge is 0.339 e. The molecular weight excluding hydrogens is 358 g/mol. The average molecular weight is 374 g/mol. The SMILES string of the molecule is COC=CC(=O)Oc1ccccc1COC1=Nc2cc(Cl)ccc2OC1. The van der Waals surface area contributed by atoms with E-state index >= 15 is 0 Å². The number of fused-ring (bicyclic) bond motifs is 1. The second-order valence-electron chi connectivity index (χ2n) is 5.26. The summed E-state index contributed by atoms with van der Waals surface area (Å²) in [5, 5.41) is 0.568. The van der Waals surface area contributed by atoms with Crippen molar-refractivity contribution in [2.45, 2.75) is 6.61 Å². The molecule has 0 radical (unpaired) electrons. The summed E-state index contributed by atoms with van der Waals surface area (Å²) in [6, 6.07) is 12.3. The highest BCUT2D eigenvalue weighted by molar-refractivity contribution is 6.30. The molecule has 2 aromatic carbocycles. The number of ether oxygens (including phenoxy) is 4. The van der Waals surface area contributed by atoms with Crippen LogP contribution in [0.1, 0.15) is 5.56 Å². The van der Waals surface area contributed by atoms with Gasteiger partial charge in [-0.25, -0.2) is 9.79 Å². The van der Waals surface area contributed by atoms with Crippen molar-refractivity contribution >= 4 is 29.2 Å². The predicted octanol–water partition coefficient (Wildman–Crippen LogP) is 4.04. The first kappa shape index (κ1) is 17.8. The van der Waals surface area contributed by atoms with E-state index in [0.29, 0.717) is 33.7 Å². The van der Waals surface area contributed by atoms with Gasteiger partial charge in [0, 0.05) is 10.6 Å². The van der Waals surface area contributed by atoms with E-state index in [9.17, 15) is 4.79 Å². The number of carbonyl (C=O) groups excluding carboxylic acids is 1. The molecule has 1 heterocycles. The Hall–Kier alpha value is -2.99. The highest BCUT2D eigenvalue weighted by Gasteiger charge is 2.15. The lowest BCUT2D eigenvalue weighted by atomic mass is 10.2. The Labute approximate surface area is 155 Å². The molecule has 0 amide bonds. The van der Waals surface area contributed by atoms with Gasteiger partial charge in [0.25, 0.3) is 0 Å². The van der Waals surface area contributed by atoms with Crippen molar-refractivity contribution in [2.24, 2.45) is 4.99 Å². The normalized spacial score (nSPS) is 12.8. The Morgan fingerprint density at radius 3 is 3.00 bits per heavy atom. The van der Waals surface area contributed by atoms with Crippen LogP contribution in [0, 0.1) is 0 Å². The van der Waals surface area contributed by atoms with Gasteiger partial charge in [0.1, 0.15) is 23.8 Å². The minimum Gasteiger partial charge on any atom is -0.504 e. The fraction of sp³-hybridized carbons (Fsp3) is 0.158. The van der Waals surface area contributed by atoms with E-state index in [1.807, 2.05) is 6.07 Å². The number of hydrogen-bond donors (Lipinski definition) is 0. The lowest BCUT2D eigenvalue weighted by Crippen LogP contribution is -2.18. The average Bonchev–Trinajstić information content (AvgIpc) is 2.65. The summed E-state index contributed by atoms with van der Waals surface area (Å²) in [4.78, 5) is 16.1. The molecule has 0 aliphatic carbocycles. The maximum absolute atomic E-state index is 11.7. The Kier molecular flexibility index (Phi) is 5.76. The highest BCUT2D eigenvalue weighted by atomic mass is 35.5. The van der Waals surface area contributed by atoms with Gasteiger partial charge in [0.15, 0.2) is 6.61 Å². The van der Waals surface area contributed by atoms with Crippen LogP contribution < -0.4 is 9.47 Å². The summed E-state index contributed by atoms with van der Waals surface area (Å²) in [6.07, 6.45) is 2.44. The predicted molar refractivity (Wildman–Crippen MR) is 97.1 cm³/mol. The van der Waals surface area contributed by atoms with Crippen LogP contribution in [0.4, 0.5) is 5.69 Å². The molecule has 0 bridgehead atoms. The third kappa shape index (κ3) is 4.55.